The van der Waals surface area contributed by atoms with Crippen molar-refractivity contribution in [1.82, 2.24) is 0 Å². The normalized spacial score (nSPS) is 12.1. The first-order valence-corrected chi connectivity index (χ1v) is 5.53. The molecule has 0 aromatic heterocycles. The average molecular weight is 238 g/mol. The van der Waals surface area contributed by atoms with E-state index in [0.717, 1.165) is 0 Å². The van der Waals surface area contributed by atoms with E-state index in [4.69, 9.17) is 15.6 Å². The number of anilines is 2. The number of benzene rings is 1. The molecule has 0 aliphatic carbocycles. The lowest BCUT2D eigenvalue weighted by atomic mass is 10.1. The Morgan fingerprint density at radius 3 is 2.88 bits per heavy atom. The van der Waals surface area contributed by atoms with Crippen molar-refractivity contribution in [2.75, 3.05) is 24.2 Å². The molecular weight excluding hydrogens is 220 g/mol. The Balaban J connectivity index is 2.69. The zero-order valence-electron chi connectivity index (χ0n) is 10.1. The summed E-state index contributed by atoms with van der Waals surface area (Å²) in [7, 11) is 0. The molecule has 1 aromatic rings. The first-order chi connectivity index (χ1) is 8.04. The summed E-state index contributed by atoms with van der Waals surface area (Å²) < 4.78 is 5.36. The van der Waals surface area contributed by atoms with Crippen LogP contribution in [0.15, 0.2) is 18.2 Å². The number of nitrogen functional groups attached to an aromatic ring is 1. The second-order valence-electron chi connectivity index (χ2n) is 3.75. The summed E-state index contributed by atoms with van der Waals surface area (Å²) in [5, 5.41) is 11.9. The number of aromatic carboxylic acids is 1. The van der Waals surface area contributed by atoms with Crippen LogP contribution in [0.4, 0.5) is 11.4 Å². The molecule has 1 atom stereocenters. The van der Waals surface area contributed by atoms with Crippen molar-refractivity contribution in [3.05, 3.63) is 23.8 Å². The third-order valence-corrected chi connectivity index (χ3v) is 2.33. The highest BCUT2D eigenvalue weighted by Crippen LogP contribution is 2.20. The molecule has 1 aromatic carbocycles. The molecular formula is C12H18N2O3. The van der Waals surface area contributed by atoms with Crippen LogP contribution in [0, 0.1) is 0 Å². The van der Waals surface area contributed by atoms with Crippen LogP contribution in [0.1, 0.15) is 24.2 Å². The molecule has 0 aliphatic rings. The fraction of sp³-hybridized carbons (Fsp3) is 0.417. The number of carbonyl (C=O) groups is 1. The van der Waals surface area contributed by atoms with Crippen LogP contribution < -0.4 is 11.1 Å². The van der Waals surface area contributed by atoms with Gasteiger partial charge in [0.2, 0.25) is 0 Å². The first kappa shape index (κ1) is 13.3. The van der Waals surface area contributed by atoms with Gasteiger partial charge in [0.15, 0.2) is 0 Å². The minimum absolute atomic E-state index is 0.0490. The van der Waals surface area contributed by atoms with E-state index in [2.05, 4.69) is 5.32 Å². The number of carboxylic acids is 1. The number of ether oxygens (including phenoxy) is 1. The fourth-order valence-corrected chi connectivity index (χ4v) is 1.44. The Morgan fingerprint density at radius 1 is 1.59 bits per heavy atom. The van der Waals surface area contributed by atoms with Crippen molar-refractivity contribution in [3.63, 3.8) is 0 Å². The summed E-state index contributed by atoms with van der Waals surface area (Å²) in [6.07, 6.45) is 0.0490. The number of hydrogen-bond donors (Lipinski definition) is 3. The maximum atomic E-state index is 10.8. The zero-order chi connectivity index (χ0) is 12.8. The topological polar surface area (TPSA) is 84.6 Å². The van der Waals surface area contributed by atoms with E-state index < -0.39 is 5.97 Å². The number of carboxylic acid groups (broad SMARTS) is 1. The Kier molecular flexibility index (Phi) is 4.78. The molecule has 0 bridgehead atoms. The molecule has 1 unspecified atom stereocenters. The Hall–Kier alpha value is -1.75. The van der Waals surface area contributed by atoms with Crippen molar-refractivity contribution in [1.29, 1.82) is 0 Å². The Morgan fingerprint density at radius 2 is 2.29 bits per heavy atom. The molecule has 0 radical (unpaired) electrons. The lowest BCUT2D eigenvalue weighted by Gasteiger charge is -2.15. The van der Waals surface area contributed by atoms with E-state index in [1.54, 1.807) is 6.07 Å². The van der Waals surface area contributed by atoms with E-state index >= 15 is 0 Å². The molecule has 0 amide bonds. The molecule has 5 heteroatoms. The van der Waals surface area contributed by atoms with Crippen molar-refractivity contribution in [2.45, 2.75) is 20.0 Å². The van der Waals surface area contributed by atoms with Crippen LogP contribution in [0.2, 0.25) is 0 Å². The third kappa shape index (κ3) is 3.96. The number of hydrogen-bond acceptors (Lipinski definition) is 4. The molecule has 17 heavy (non-hydrogen) atoms. The van der Waals surface area contributed by atoms with E-state index in [1.165, 1.54) is 12.1 Å². The van der Waals surface area contributed by atoms with Gasteiger partial charge in [-0.15, -0.1) is 0 Å². The second kappa shape index (κ2) is 6.10. The van der Waals surface area contributed by atoms with Crippen LogP contribution in [0.25, 0.3) is 0 Å². The molecule has 4 N–H and O–H groups in total. The summed E-state index contributed by atoms with van der Waals surface area (Å²) in [6, 6.07) is 4.59. The smallest absolute Gasteiger partial charge is 0.335 e. The monoisotopic (exact) mass is 238 g/mol. The van der Waals surface area contributed by atoms with Gasteiger partial charge in [-0.2, -0.15) is 0 Å². The van der Waals surface area contributed by atoms with Gasteiger partial charge in [0.1, 0.15) is 0 Å². The zero-order valence-corrected chi connectivity index (χ0v) is 10.1. The SMILES string of the molecule is CCOC(C)CNc1cc(C(=O)O)ccc1N. The van der Waals surface area contributed by atoms with Crippen molar-refractivity contribution in [3.8, 4) is 0 Å². The highest BCUT2D eigenvalue weighted by atomic mass is 16.5. The number of nitrogens with one attached hydrogen (secondary N) is 1. The van der Waals surface area contributed by atoms with Crippen LogP contribution in [0.5, 0.6) is 0 Å². The summed E-state index contributed by atoms with van der Waals surface area (Å²) in [5.41, 5.74) is 7.12. The maximum Gasteiger partial charge on any atom is 0.335 e. The van der Waals surface area contributed by atoms with E-state index in [9.17, 15) is 4.79 Å². The largest absolute Gasteiger partial charge is 0.478 e. The average Bonchev–Trinajstić information content (AvgIpc) is 2.28. The molecule has 94 valence electrons. The molecule has 0 heterocycles. The Bertz CT molecular complexity index is 393. The lowest BCUT2D eigenvalue weighted by Crippen LogP contribution is -2.20. The molecule has 0 fully saturated rings. The van der Waals surface area contributed by atoms with Gasteiger partial charge in [0, 0.05) is 13.2 Å². The molecule has 0 saturated heterocycles. The minimum atomic E-state index is -0.967. The number of rotatable bonds is 6. The highest BCUT2D eigenvalue weighted by molar-refractivity contribution is 5.90. The summed E-state index contributed by atoms with van der Waals surface area (Å²) in [5.74, 6) is -0.967. The van der Waals surface area contributed by atoms with Crippen LogP contribution in [-0.4, -0.2) is 30.3 Å². The van der Waals surface area contributed by atoms with Gasteiger partial charge in [-0.3, -0.25) is 0 Å². The van der Waals surface area contributed by atoms with Crippen LogP contribution >= 0.6 is 0 Å². The first-order valence-electron chi connectivity index (χ1n) is 5.53. The predicted molar refractivity (Wildman–Crippen MR) is 67.4 cm³/mol. The van der Waals surface area contributed by atoms with Gasteiger partial charge in [-0.1, -0.05) is 0 Å². The fourth-order valence-electron chi connectivity index (χ4n) is 1.44. The summed E-state index contributed by atoms with van der Waals surface area (Å²) in [6.45, 7) is 5.10. The predicted octanol–water partition coefficient (Wildman–Crippen LogP) is 1.80. The summed E-state index contributed by atoms with van der Waals surface area (Å²) in [4.78, 5) is 10.8. The van der Waals surface area contributed by atoms with Crippen molar-refractivity contribution in [2.24, 2.45) is 0 Å². The van der Waals surface area contributed by atoms with Crippen LogP contribution in [-0.2, 0) is 4.74 Å². The molecule has 0 aliphatic heterocycles. The van der Waals surface area contributed by atoms with E-state index in [1.807, 2.05) is 13.8 Å². The quantitative estimate of drug-likeness (QED) is 0.658. The molecule has 0 spiro atoms. The maximum absolute atomic E-state index is 10.8. The molecule has 1 rings (SSSR count). The van der Waals surface area contributed by atoms with E-state index in [0.29, 0.717) is 24.5 Å². The molecule has 5 nitrogen and oxygen atoms in total. The second-order valence-corrected chi connectivity index (χ2v) is 3.75. The van der Waals surface area contributed by atoms with Crippen LogP contribution in [0.3, 0.4) is 0 Å². The lowest BCUT2D eigenvalue weighted by molar-refractivity contribution is 0.0697. The van der Waals surface area contributed by atoms with Crippen molar-refractivity contribution >= 4 is 17.3 Å². The Labute approximate surface area is 101 Å². The van der Waals surface area contributed by atoms with Crippen molar-refractivity contribution < 1.29 is 14.6 Å². The van der Waals surface area contributed by atoms with Gasteiger partial charge in [-0.05, 0) is 32.0 Å². The third-order valence-electron chi connectivity index (χ3n) is 2.33. The minimum Gasteiger partial charge on any atom is -0.478 e. The van der Waals surface area contributed by atoms with Gasteiger partial charge in [-0.25, -0.2) is 4.79 Å². The van der Waals surface area contributed by atoms with Gasteiger partial charge < -0.3 is 20.9 Å². The number of nitrogens with two attached hydrogens (primary N) is 1. The molecule has 0 saturated carbocycles. The standard InChI is InChI=1S/C12H18N2O3/c1-3-17-8(2)7-14-11-6-9(12(15)16)4-5-10(11)13/h4-6,8,14H,3,7,13H2,1-2H3,(H,15,16). The van der Waals surface area contributed by atoms with Gasteiger partial charge in [0.25, 0.3) is 0 Å². The summed E-state index contributed by atoms with van der Waals surface area (Å²) >= 11 is 0. The van der Waals surface area contributed by atoms with Gasteiger partial charge in [0.05, 0.1) is 23.0 Å². The van der Waals surface area contributed by atoms with Gasteiger partial charge >= 0.3 is 5.97 Å². The highest BCUT2D eigenvalue weighted by Gasteiger charge is 2.07. The van der Waals surface area contributed by atoms with E-state index in [-0.39, 0.29) is 11.7 Å².